The van der Waals surface area contributed by atoms with Gasteiger partial charge in [-0.2, -0.15) is 0 Å². The number of primary amides is 1. The topological polar surface area (TPSA) is 59.2 Å². The second-order valence-corrected chi connectivity index (χ2v) is 5.04. The normalized spacial score (nSPS) is 20.1. The van der Waals surface area contributed by atoms with E-state index in [-0.39, 0.29) is 11.9 Å². The third-order valence-electron chi connectivity index (χ3n) is 2.64. The van der Waals surface area contributed by atoms with E-state index < -0.39 is 0 Å². The number of carbonyl (C=O) groups is 1. The zero-order valence-electron chi connectivity index (χ0n) is 8.49. The standard InChI is InChI=1S/C10H11BrClN3O/c11-6-4-7(12)10(14-5-6)15-3-1-2-8(15)9(13)16/h4-5,8H,1-3H2,(H2,13,16). The SMILES string of the molecule is NC(=O)C1CCCN1c1ncc(Br)cc1Cl. The van der Waals surface area contributed by atoms with Crippen LogP contribution in [-0.4, -0.2) is 23.5 Å². The van der Waals surface area contributed by atoms with Crippen molar-refractivity contribution in [1.82, 2.24) is 4.98 Å². The minimum absolute atomic E-state index is 0.286. The van der Waals surface area contributed by atoms with E-state index >= 15 is 0 Å². The van der Waals surface area contributed by atoms with Crippen molar-refractivity contribution < 1.29 is 4.79 Å². The fourth-order valence-corrected chi connectivity index (χ4v) is 2.67. The van der Waals surface area contributed by atoms with Crippen LogP contribution in [-0.2, 0) is 4.79 Å². The third kappa shape index (κ3) is 2.15. The molecule has 1 aromatic heterocycles. The molecule has 6 heteroatoms. The highest BCUT2D eigenvalue weighted by Gasteiger charge is 2.31. The van der Waals surface area contributed by atoms with Crippen molar-refractivity contribution in [3.63, 3.8) is 0 Å². The first-order valence-electron chi connectivity index (χ1n) is 4.96. The van der Waals surface area contributed by atoms with E-state index in [1.807, 2.05) is 4.90 Å². The van der Waals surface area contributed by atoms with Crippen LogP contribution in [0.25, 0.3) is 0 Å². The number of halogens is 2. The zero-order valence-corrected chi connectivity index (χ0v) is 10.8. The van der Waals surface area contributed by atoms with Gasteiger partial charge >= 0.3 is 0 Å². The summed E-state index contributed by atoms with van der Waals surface area (Å²) in [5.74, 6) is 0.310. The van der Waals surface area contributed by atoms with E-state index in [0.717, 1.165) is 23.9 Å². The average molecular weight is 305 g/mol. The third-order valence-corrected chi connectivity index (χ3v) is 3.35. The molecule has 1 aliphatic rings. The quantitative estimate of drug-likeness (QED) is 0.908. The molecule has 4 nitrogen and oxygen atoms in total. The number of pyridine rings is 1. The smallest absolute Gasteiger partial charge is 0.240 e. The van der Waals surface area contributed by atoms with E-state index in [2.05, 4.69) is 20.9 Å². The van der Waals surface area contributed by atoms with Gasteiger partial charge in [-0.1, -0.05) is 11.6 Å². The van der Waals surface area contributed by atoms with Crippen molar-refractivity contribution in [1.29, 1.82) is 0 Å². The fraction of sp³-hybridized carbons (Fsp3) is 0.400. The number of anilines is 1. The van der Waals surface area contributed by atoms with Crippen LogP contribution in [0.2, 0.25) is 5.02 Å². The number of carbonyl (C=O) groups excluding carboxylic acids is 1. The van der Waals surface area contributed by atoms with Crippen LogP contribution in [0.15, 0.2) is 16.7 Å². The van der Waals surface area contributed by atoms with Gasteiger partial charge in [-0.05, 0) is 34.8 Å². The average Bonchev–Trinajstić information content (AvgIpc) is 2.66. The lowest BCUT2D eigenvalue weighted by molar-refractivity contribution is -0.119. The van der Waals surface area contributed by atoms with Crippen LogP contribution >= 0.6 is 27.5 Å². The number of hydrogen-bond acceptors (Lipinski definition) is 3. The Balaban J connectivity index is 2.32. The van der Waals surface area contributed by atoms with E-state index in [9.17, 15) is 4.79 Å². The summed E-state index contributed by atoms with van der Waals surface area (Å²) in [4.78, 5) is 17.4. The van der Waals surface area contributed by atoms with E-state index in [1.165, 1.54) is 0 Å². The minimum atomic E-state index is -0.321. The van der Waals surface area contributed by atoms with Gasteiger partial charge in [0, 0.05) is 17.2 Å². The van der Waals surface area contributed by atoms with Crippen LogP contribution in [0.4, 0.5) is 5.82 Å². The highest BCUT2D eigenvalue weighted by Crippen LogP contribution is 2.31. The molecule has 1 aromatic rings. The largest absolute Gasteiger partial charge is 0.368 e. The lowest BCUT2D eigenvalue weighted by Gasteiger charge is -2.24. The number of nitrogens with two attached hydrogens (primary N) is 1. The second kappa shape index (κ2) is 4.59. The first-order valence-corrected chi connectivity index (χ1v) is 6.13. The van der Waals surface area contributed by atoms with Gasteiger partial charge in [-0.25, -0.2) is 4.98 Å². The number of amides is 1. The zero-order chi connectivity index (χ0) is 11.7. The van der Waals surface area contributed by atoms with E-state index in [0.29, 0.717) is 10.8 Å². The Kier molecular flexibility index (Phi) is 3.35. The van der Waals surface area contributed by atoms with Crippen LogP contribution in [0.5, 0.6) is 0 Å². The van der Waals surface area contributed by atoms with Gasteiger partial charge in [0.2, 0.25) is 5.91 Å². The van der Waals surface area contributed by atoms with E-state index in [4.69, 9.17) is 17.3 Å². The van der Waals surface area contributed by atoms with Crippen molar-refractivity contribution in [2.45, 2.75) is 18.9 Å². The molecule has 16 heavy (non-hydrogen) atoms. The Morgan fingerprint density at radius 1 is 1.69 bits per heavy atom. The first kappa shape index (κ1) is 11.7. The van der Waals surface area contributed by atoms with Crippen molar-refractivity contribution in [3.8, 4) is 0 Å². The summed E-state index contributed by atoms with van der Waals surface area (Å²) < 4.78 is 0.816. The summed E-state index contributed by atoms with van der Waals surface area (Å²) in [6.45, 7) is 0.766. The molecule has 1 saturated heterocycles. The van der Waals surface area contributed by atoms with Gasteiger partial charge in [-0.3, -0.25) is 4.79 Å². The Morgan fingerprint density at radius 3 is 3.06 bits per heavy atom. The van der Waals surface area contributed by atoms with Crippen molar-refractivity contribution in [2.75, 3.05) is 11.4 Å². The fourth-order valence-electron chi connectivity index (χ4n) is 1.93. The number of hydrogen-bond donors (Lipinski definition) is 1. The van der Waals surface area contributed by atoms with Gasteiger partial charge in [0.1, 0.15) is 11.9 Å². The Morgan fingerprint density at radius 2 is 2.44 bits per heavy atom. The molecule has 1 fully saturated rings. The molecule has 0 radical (unpaired) electrons. The van der Waals surface area contributed by atoms with E-state index in [1.54, 1.807) is 12.3 Å². The summed E-state index contributed by atoms with van der Waals surface area (Å²) in [5.41, 5.74) is 5.34. The maximum atomic E-state index is 11.3. The molecule has 1 unspecified atom stereocenters. The number of rotatable bonds is 2. The monoisotopic (exact) mass is 303 g/mol. The van der Waals surface area contributed by atoms with Crippen LogP contribution in [0.1, 0.15) is 12.8 Å². The highest BCUT2D eigenvalue weighted by molar-refractivity contribution is 9.10. The summed E-state index contributed by atoms with van der Waals surface area (Å²) in [6, 6.07) is 1.48. The molecule has 0 aliphatic carbocycles. The summed E-state index contributed by atoms with van der Waals surface area (Å²) in [7, 11) is 0. The van der Waals surface area contributed by atoms with Gasteiger partial charge in [-0.15, -0.1) is 0 Å². The molecule has 2 rings (SSSR count). The highest BCUT2D eigenvalue weighted by atomic mass is 79.9. The van der Waals surface area contributed by atoms with Crippen molar-refractivity contribution >= 4 is 39.3 Å². The van der Waals surface area contributed by atoms with Gasteiger partial charge < -0.3 is 10.6 Å². The lowest BCUT2D eigenvalue weighted by atomic mass is 10.2. The summed E-state index contributed by atoms with van der Waals surface area (Å²) in [5, 5.41) is 0.530. The van der Waals surface area contributed by atoms with Crippen molar-refractivity contribution in [2.24, 2.45) is 5.73 Å². The Hall–Kier alpha value is -0.810. The molecule has 0 bridgehead atoms. The predicted octanol–water partition coefficient (Wildman–Crippen LogP) is 1.95. The lowest BCUT2D eigenvalue weighted by Crippen LogP contribution is -2.40. The van der Waals surface area contributed by atoms with Crippen LogP contribution in [0, 0.1) is 0 Å². The first-order chi connectivity index (χ1) is 7.59. The maximum absolute atomic E-state index is 11.3. The molecule has 1 aliphatic heterocycles. The minimum Gasteiger partial charge on any atom is -0.368 e. The van der Waals surface area contributed by atoms with Gasteiger partial charge in [0.25, 0.3) is 0 Å². The number of nitrogens with zero attached hydrogens (tertiary/aromatic N) is 2. The van der Waals surface area contributed by atoms with Crippen LogP contribution < -0.4 is 10.6 Å². The Labute approximate surface area is 107 Å². The van der Waals surface area contributed by atoms with Gasteiger partial charge in [0.15, 0.2) is 0 Å². The summed E-state index contributed by atoms with van der Waals surface area (Å²) in [6.07, 6.45) is 3.36. The van der Waals surface area contributed by atoms with Gasteiger partial charge in [0.05, 0.1) is 5.02 Å². The maximum Gasteiger partial charge on any atom is 0.240 e. The van der Waals surface area contributed by atoms with Crippen LogP contribution in [0.3, 0.4) is 0 Å². The predicted molar refractivity (Wildman–Crippen MR) is 66.5 cm³/mol. The molecule has 2 N–H and O–H groups in total. The molecular weight excluding hydrogens is 293 g/mol. The van der Waals surface area contributed by atoms with Crippen molar-refractivity contribution in [3.05, 3.63) is 21.8 Å². The number of aromatic nitrogens is 1. The molecule has 1 atom stereocenters. The molecule has 0 spiro atoms. The summed E-state index contributed by atoms with van der Waals surface area (Å²) >= 11 is 9.39. The Bertz CT molecular complexity index is 427. The molecule has 0 aromatic carbocycles. The second-order valence-electron chi connectivity index (χ2n) is 3.71. The molecule has 1 amide bonds. The molecule has 2 heterocycles. The molecule has 86 valence electrons. The molecular formula is C10H11BrClN3O. The molecule has 0 saturated carbocycles.